The van der Waals surface area contributed by atoms with E-state index >= 15 is 0 Å². The topological polar surface area (TPSA) is 105 Å². The van der Waals surface area contributed by atoms with Crippen LogP contribution in [0.2, 0.25) is 0 Å². The zero-order valence-corrected chi connectivity index (χ0v) is 26.1. The molecule has 0 unspecified atom stereocenters. The van der Waals surface area contributed by atoms with E-state index in [1.807, 2.05) is 18.2 Å². The number of carbonyl (C=O) groups excluding carboxylic acids is 1. The number of carbonyl (C=O) groups is 2. The highest BCUT2D eigenvalue weighted by atomic mass is 19.3. The van der Waals surface area contributed by atoms with Crippen molar-refractivity contribution in [3.8, 4) is 16.9 Å². The van der Waals surface area contributed by atoms with E-state index in [9.17, 15) is 22.8 Å². The van der Waals surface area contributed by atoms with Crippen molar-refractivity contribution in [3.05, 3.63) is 94.8 Å². The number of carboxylic acid groups (broad SMARTS) is 1. The lowest BCUT2D eigenvalue weighted by Gasteiger charge is -2.28. The Labute approximate surface area is 267 Å². The van der Waals surface area contributed by atoms with Crippen LogP contribution < -0.4 is 15.8 Å². The number of primary amides is 1. The summed E-state index contributed by atoms with van der Waals surface area (Å²) >= 11 is 0. The van der Waals surface area contributed by atoms with Crippen LogP contribution in [0.25, 0.3) is 21.9 Å². The summed E-state index contributed by atoms with van der Waals surface area (Å²) in [6, 6.07) is 21.2. The average molecular weight is 636 g/mol. The van der Waals surface area contributed by atoms with Crippen molar-refractivity contribution in [3.63, 3.8) is 0 Å². The number of fused-ring (bicyclic) bond motifs is 1. The van der Waals surface area contributed by atoms with Crippen LogP contribution in [-0.2, 0) is 17.8 Å². The third kappa shape index (κ3) is 8.78. The van der Waals surface area contributed by atoms with Crippen molar-refractivity contribution >= 4 is 28.3 Å². The number of piperidine rings is 1. The van der Waals surface area contributed by atoms with Gasteiger partial charge >= 0.3 is 5.97 Å². The van der Waals surface area contributed by atoms with Crippen LogP contribution in [0, 0.1) is 12.7 Å². The molecule has 5 rings (SSSR count). The average Bonchev–Trinajstić information content (AvgIpc) is 3.02. The van der Waals surface area contributed by atoms with Gasteiger partial charge in [-0.3, -0.25) is 14.5 Å². The molecule has 0 aliphatic carbocycles. The summed E-state index contributed by atoms with van der Waals surface area (Å²) < 4.78 is 42.9. The third-order valence-corrected chi connectivity index (χ3v) is 8.06. The molecule has 46 heavy (non-hydrogen) atoms. The Bertz CT molecular complexity index is 1650. The van der Waals surface area contributed by atoms with Gasteiger partial charge in [-0.1, -0.05) is 55.0 Å². The van der Waals surface area contributed by atoms with Crippen LogP contribution >= 0.6 is 0 Å². The lowest BCUT2D eigenvalue weighted by molar-refractivity contribution is -0.136. The fourth-order valence-electron chi connectivity index (χ4n) is 5.95. The maximum Gasteiger partial charge on any atom is 0.303 e. The number of halogens is 3. The summed E-state index contributed by atoms with van der Waals surface area (Å²) in [5.74, 6) is -1.58. The van der Waals surface area contributed by atoms with E-state index in [1.165, 1.54) is 37.8 Å². The third-order valence-electron chi connectivity index (χ3n) is 8.06. The molecule has 0 atom stereocenters. The van der Waals surface area contributed by atoms with Gasteiger partial charge < -0.3 is 20.9 Å². The number of rotatable bonds is 11. The molecule has 244 valence electrons. The molecule has 4 N–H and O–H groups in total. The molecule has 7 nitrogen and oxygen atoms in total. The number of nitrogens with two attached hydrogens (primary N) is 1. The first-order chi connectivity index (χ1) is 22.1. The number of anilines is 1. The zero-order valence-electron chi connectivity index (χ0n) is 26.1. The number of nitrogens with one attached hydrogen (secondary N) is 1. The van der Waals surface area contributed by atoms with Gasteiger partial charge in [0.2, 0.25) is 0 Å². The number of amides is 1. The summed E-state index contributed by atoms with van der Waals surface area (Å²) in [6.45, 7) is 4.12. The van der Waals surface area contributed by atoms with Crippen molar-refractivity contribution in [1.29, 1.82) is 0 Å². The number of ether oxygens (including phenoxy) is 1. The second-order valence-corrected chi connectivity index (χ2v) is 11.3. The van der Waals surface area contributed by atoms with Crippen molar-refractivity contribution in [2.45, 2.75) is 52.0 Å². The molecular weight excluding hydrogens is 595 g/mol. The maximum absolute atomic E-state index is 13.4. The Hall–Kier alpha value is -4.57. The molecule has 1 amide bonds. The lowest BCUT2D eigenvalue weighted by Crippen LogP contribution is -2.29. The second-order valence-electron chi connectivity index (χ2n) is 11.3. The molecule has 0 saturated carbocycles. The minimum Gasteiger partial charge on any atom is -0.496 e. The van der Waals surface area contributed by atoms with E-state index in [4.69, 9.17) is 15.6 Å². The Kier molecular flexibility index (Phi) is 12.0. The predicted octanol–water partition coefficient (Wildman–Crippen LogP) is 7.43. The normalized spacial score (nSPS) is 13.3. The Balaban J connectivity index is 0.000000254. The standard InChI is InChI=1S/C26H29NO3.C10H11F3N2O/c1-30-24-13-6-9-20(18-27-16-3-2-4-17-27)26(24)23-12-7-10-21-19(14-15-25(28)29)8-5-11-22(21)23;1-5-2-6(15-4-8(12)13)3-7(11)9(5)10(14)16/h5-13H,2-4,14-18H2,1H3,(H,28,29);2-3,8,15H,4H2,1H3,(H2,14,16). The first kappa shape index (κ1) is 34.3. The molecular formula is C36H40F3N3O4. The van der Waals surface area contributed by atoms with E-state index in [0.717, 1.165) is 58.9 Å². The fraction of sp³-hybridized carbons (Fsp3) is 0.333. The predicted molar refractivity (Wildman–Crippen MR) is 175 cm³/mol. The number of alkyl halides is 2. The van der Waals surface area contributed by atoms with Crippen LogP contribution in [0.4, 0.5) is 18.9 Å². The molecule has 4 aromatic rings. The van der Waals surface area contributed by atoms with E-state index < -0.39 is 30.7 Å². The van der Waals surface area contributed by atoms with E-state index in [2.05, 4.69) is 46.6 Å². The van der Waals surface area contributed by atoms with Crippen molar-refractivity contribution in [2.24, 2.45) is 5.73 Å². The van der Waals surface area contributed by atoms with Gasteiger partial charge in [-0.2, -0.15) is 0 Å². The van der Waals surface area contributed by atoms with Crippen LogP contribution in [-0.4, -0.2) is 55.1 Å². The first-order valence-electron chi connectivity index (χ1n) is 15.3. The summed E-state index contributed by atoms with van der Waals surface area (Å²) in [4.78, 5) is 24.5. The van der Waals surface area contributed by atoms with Crippen LogP contribution in [0.1, 0.15) is 52.7 Å². The second kappa shape index (κ2) is 16.1. The van der Waals surface area contributed by atoms with Crippen LogP contribution in [0.15, 0.2) is 66.7 Å². The minimum atomic E-state index is -2.53. The molecule has 1 heterocycles. The number of nitrogens with zero attached hydrogens (tertiary/aromatic N) is 1. The fourth-order valence-corrected chi connectivity index (χ4v) is 5.95. The van der Waals surface area contributed by atoms with Gasteiger partial charge in [0.1, 0.15) is 11.6 Å². The maximum atomic E-state index is 13.4. The number of carboxylic acids is 1. The van der Waals surface area contributed by atoms with Crippen molar-refractivity contribution in [2.75, 3.05) is 32.1 Å². The lowest BCUT2D eigenvalue weighted by atomic mass is 9.91. The Morgan fingerprint density at radius 1 is 0.978 bits per heavy atom. The summed E-state index contributed by atoms with van der Waals surface area (Å²) in [5, 5.41) is 13.7. The number of hydrogen-bond donors (Lipinski definition) is 3. The highest BCUT2D eigenvalue weighted by Gasteiger charge is 2.19. The molecule has 0 spiro atoms. The van der Waals surface area contributed by atoms with Crippen LogP contribution in [0.3, 0.4) is 0 Å². The SMILES string of the molecule is COc1cccc(CN2CCCCC2)c1-c1cccc2c(CCC(=O)O)cccc12.Cc1cc(NCC(F)F)cc(F)c1C(N)=O. The molecule has 1 saturated heterocycles. The minimum absolute atomic E-state index is 0.137. The molecule has 10 heteroatoms. The Morgan fingerprint density at radius 2 is 1.65 bits per heavy atom. The van der Waals surface area contributed by atoms with Gasteiger partial charge in [0.25, 0.3) is 12.3 Å². The molecule has 4 aromatic carbocycles. The number of hydrogen-bond acceptors (Lipinski definition) is 5. The van der Waals surface area contributed by atoms with Gasteiger partial charge in [-0.15, -0.1) is 0 Å². The highest BCUT2D eigenvalue weighted by Crippen LogP contribution is 2.39. The van der Waals surface area contributed by atoms with Gasteiger partial charge in [0, 0.05) is 24.2 Å². The van der Waals surface area contributed by atoms with E-state index in [0.29, 0.717) is 12.0 Å². The molecule has 1 aliphatic heterocycles. The first-order valence-corrected chi connectivity index (χ1v) is 15.3. The number of aryl methyl sites for hydroxylation is 2. The quantitative estimate of drug-likeness (QED) is 0.158. The highest BCUT2D eigenvalue weighted by molar-refractivity contribution is 6.00. The van der Waals surface area contributed by atoms with Gasteiger partial charge in [0.05, 0.1) is 19.2 Å². The molecule has 1 aliphatic rings. The van der Waals surface area contributed by atoms with E-state index in [1.54, 1.807) is 7.11 Å². The molecule has 0 bridgehead atoms. The van der Waals surface area contributed by atoms with Gasteiger partial charge in [0.15, 0.2) is 0 Å². The number of likely N-dealkylation sites (tertiary alicyclic amines) is 1. The number of aliphatic carboxylic acids is 1. The summed E-state index contributed by atoms with van der Waals surface area (Å²) in [5.41, 5.74) is 9.90. The molecule has 0 radical (unpaired) electrons. The molecule has 1 fully saturated rings. The van der Waals surface area contributed by atoms with Crippen molar-refractivity contribution < 1.29 is 32.6 Å². The number of methoxy groups -OCH3 is 1. The van der Waals surface area contributed by atoms with Gasteiger partial charge in [-0.25, -0.2) is 13.2 Å². The van der Waals surface area contributed by atoms with E-state index in [-0.39, 0.29) is 17.7 Å². The van der Waals surface area contributed by atoms with Gasteiger partial charge in [-0.05, 0) is 90.5 Å². The zero-order chi connectivity index (χ0) is 33.2. The monoisotopic (exact) mass is 635 g/mol. The smallest absolute Gasteiger partial charge is 0.303 e. The summed E-state index contributed by atoms with van der Waals surface area (Å²) in [7, 11) is 1.73. The molecule has 0 aromatic heterocycles. The number of benzene rings is 4. The largest absolute Gasteiger partial charge is 0.496 e. The summed E-state index contributed by atoms with van der Waals surface area (Å²) in [6.07, 6.45) is 1.99. The van der Waals surface area contributed by atoms with Crippen molar-refractivity contribution in [1.82, 2.24) is 4.90 Å². The van der Waals surface area contributed by atoms with Crippen LogP contribution in [0.5, 0.6) is 5.75 Å². The Morgan fingerprint density at radius 3 is 2.30 bits per heavy atom.